The minimum atomic E-state index is -0.377. The van der Waals surface area contributed by atoms with E-state index in [1.54, 1.807) is 0 Å². The quantitative estimate of drug-likeness (QED) is 0.743. The number of benzene rings is 2. The molecule has 2 heterocycles. The number of hydrogen-bond donors (Lipinski definition) is 0. The second-order valence-electron chi connectivity index (χ2n) is 7.02. The van der Waals surface area contributed by atoms with Crippen molar-refractivity contribution in [2.24, 2.45) is 0 Å². The van der Waals surface area contributed by atoms with E-state index in [1.165, 1.54) is 18.1 Å². The number of fused-ring (bicyclic) bond motifs is 2. The van der Waals surface area contributed by atoms with Gasteiger partial charge in [0.2, 0.25) is 6.79 Å². The maximum atomic E-state index is 11.9. The molecular formula is C21H24ClNO4. The van der Waals surface area contributed by atoms with Gasteiger partial charge in [0.05, 0.1) is 6.04 Å². The van der Waals surface area contributed by atoms with Crippen molar-refractivity contribution in [1.82, 2.24) is 4.90 Å². The van der Waals surface area contributed by atoms with E-state index >= 15 is 0 Å². The third-order valence-corrected chi connectivity index (χ3v) is 5.15. The maximum absolute atomic E-state index is 11.9. The van der Waals surface area contributed by atoms with Crippen LogP contribution in [0.15, 0.2) is 36.4 Å². The summed E-state index contributed by atoms with van der Waals surface area (Å²) in [7, 11) is 2.07. The number of ether oxygens (including phenoxy) is 3. The van der Waals surface area contributed by atoms with Crippen LogP contribution in [0.4, 0.5) is 0 Å². The van der Waals surface area contributed by atoms with Crippen LogP contribution in [0, 0.1) is 6.92 Å². The first-order chi connectivity index (χ1) is 12.5. The molecule has 2 aromatic rings. The molecule has 144 valence electrons. The molecule has 27 heavy (non-hydrogen) atoms. The number of carbonyl (C=O) groups is 1. The van der Waals surface area contributed by atoms with Crippen LogP contribution in [0.1, 0.15) is 41.3 Å². The van der Waals surface area contributed by atoms with Crippen LogP contribution in [0.3, 0.4) is 0 Å². The summed E-state index contributed by atoms with van der Waals surface area (Å²) in [5.74, 6) is 1.28. The monoisotopic (exact) mass is 389 g/mol. The number of halogens is 1. The molecule has 0 radical (unpaired) electrons. The molecule has 0 aliphatic carbocycles. The Morgan fingerprint density at radius 3 is 2.52 bits per heavy atom. The zero-order valence-corrected chi connectivity index (χ0v) is 16.5. The largest absolute Gasteiger partial charge is 0.456 e. The van der Waals surface area contributed by atoms with Crippen molar-refractivity contribution in [2.45, 2.75) is 32.4 Å². The molecule has 0 amide bonds. The average Bonchev–Trinajstić information content (AvgIpc) is 3.06. The van der Waals surface area contributed by atoms with E-state index in [-0.39, 0.29) is 37.3 Å². The Morgan fingerprint density at radius 2 is 1.85 bits per heavy atom. The fraction of sp³-hybridized carbons (Fsp3) is 0.381. The molecule has 5 nitrogen and oxygen atoms in total. The van der Waals surface area contributed by atoms with Crippen molar-refractivity contribution in [1.29, 1.82) is 0 Å². The highest BCUT2D eigenvalue weighted by Crippen LogP contribution is 2.45. The molecule has 0 saturated carbocycles. The fourth-order valence-corrected chi connectivity index (χ4v) is 3.81. The molecule has 0 aromatic heterocycles. The van der Waals surface area contributed by atoms with Gasteiger partial charge in [-0.1, -0.05) is 29.8 Å². The van der Waals surface area contributed by atoms with Crippen molar-refractivity contribution in [3.63, 3.8) is 0 Å². The Hall–Kier alpha value is -2.24. The van der Waals surface area contributed by atoms with Crippen molar-refractivity contribution < 1.29 is 19.0 Å². The lowest BCUT2D eigenvalue weighted by Gasteiger charge is -2.39. The third kappa shape index (κ3) is 3.75. The molecule has 2 aromatic carbocycles. The summed E-state index contributed by atoms with van der Waals surface area (Å²) in [4.78, 5) is 14.1. The third-order valence-electron chi connectivity index (χ3n) is 5.15. The van der Waals surface area contributed by atoms with Gasteiger partial charge in [0.1, 0.15) is 6.10 Å². The zero-order valence-electron chi connectivity index (χ0n) is 15.7. The first-order valence-electron chi connectivity index (χ1n) is 8.89. The van der Waals surface area contributed by atoms with Crippen LogP contribution >= 0.6 is 12.4 Å². The molecule has 0 saturated heterocycles. The first-order valence-corrected chi connectivity index (χ1v) is 8.89. The topological polar surface area (TPSA) is 48.0 Å². The molecule has 6 heteroatoms. The number of nitrogens with zero attached hydrogens (tertiary/aromatic N) is 1. The normalized spacial score (nSPS) is 19.0. The van der Waals surface area contributed by atoms with Crippen molar-refractivity contribution in [2.75, 3.05) is 20.4 Å². The SMILES string of the molecule is CC(=O)OC(c1ccc(C)cc1)C1c2cc3c(cc2CCN1C)OCO3.Cl. The molecular weight excluding hydrogens is 366 g/mol. The van der Waals surface area contributed by atoms with Crippen molar-refractivity contribution >= 4 is 18.4 Å². The number of hydrogen-bond acceptors (Lipinski definition) is 5. The highest BCUT2D eigenvalue weighted by molar-refractivity contribution is 5.85. The number of likely N-dealkylation sites (N-methyl/N-ethyl adjacent to an activating group) is 1. The molecule has 0 spiro atoms. The summed E-state index contributed by atoms with van der Waals surface area (Å²) >= 11 is 0. The lowest BCUT2D eigenvalue weighted by Crippen LogP contribution is -2.37. The van der Waals surface area contributed by atoms with E-state index in [0.717, 1.165) is 35.6 Å². The Bertz CT molecular complexity index is 837. The number of carbonyl (C=O) groups excluding carboxylic acids is 1. The van der Waals surface area contributed by atoms with Gasteiger partial charge in [0, 0.05) is 13.5 Å². The molecule has 2 atom stereocenters. The number of esters is 1. The van der Waals surface area contributed by atoms with Crippen molar-refractivity contribution in [3.8, 4) is 11.5 Å². The van der Waals surface area contributed by atoms with Gasteiger partial charge < -0.3 is 14.2 Å². The van der Waals surface area contributed by atoms with Crippen LogP contribution in [0.25, 0.3) is 0 Å². The van der Waals surface area contributed by atoms with Crippen molar-refractivity contribution in [3.05, 3.63) is 58.7 Å². The van der Waals surface area contributed by atoms with E-state index in [1.807, 2.05) is 25.1 Å². The molecule has 0 fully saturated rings. The van der Waals surface area contributed by atoms with E-state index in [0.29, 0.717) is 0 Å². The molecule has 0 N–H and O–H groups in total. The standard InChI is InChI=1S/C21H23NO4.ClH/c1-13-4-6-15(7-5-13)21(26-14(2)23)20-17-11-19-18(24-12-25-19)10-16(17)8-9-22(20)3;/h4-7,10-11,20-21H,8-9,12H2,1-3H3;1H. The van der Waals surface area contributed by atoms with E-state index in [9.17, 15) is 4.79 Å². The smallest absolute Gasteiger partial charge is 0.303 e. The first kappa shape index (κ1) is 19.5. The zero-order chi connectivity index (χ0) is 18.3. The van der Waals surface area contributed by atoms with Crippen LogP contribution in [0.5, 0.6) is 11.5 Å². The molecule has 0 bridgehead atoms. The van der Waals surface area contributed by atoms with Crippen LogP contribution in [0.2, 0.25) is 0 Å². The van der Waals surface area contributed by atoms with Gasteiger partial charge in [0.15, 0.2) is 11.5 Å². The summed E-state index contributed by atoms with van der Waals surface area (Å²) < 4.78 is 16.9. The Labute approximate surface area is 165 Å². The van der Waals surface area contributed by atoms with E-state index in [2.05, 4.69) is 30.1 Å². The Kier molecular flexibility index (Phi) is 5.63. The summed E-state index contributed by atoms with van der Waals surface area (Å²) in [5.41, 5.74) is 4.53. The highest BCUT2D eigenvalue weighted by Gasteiger charge is 2.36. The van der Waals surface area contributed by atoms with Crippen LogP contribution in [-0.4, -0.2) is 31.3 Å². The summed E-state index contributed by atoms with van der Waals surface area (Å²) in [6, 6.07) is 12.2. The predicted molar refractivity (Wildman–Crippen MR) is 105 cm³/mol. The van der Waals surface area contributed by atoms with Gasteiger partial charge in [-0.05, 0) is 49.2 Å². The lowest BCUT2D eigenvalue weighted by atomic mass is 9.86. The van der Waals surface area contributed by atoms with Gasteiger partial charge in [-0.15, -0.1) is 12.4 Å². The predicted octanol–water partition coefficient (Wildman–Crippen LogP) is 3.98. The van der Waals surface area contributed by atoms with Gasteiger partial charge >= 0.3 is 5.97 Å². The molecule has 2 unspecified atom stereocenters. The fourth-order valence-electron chi connectivity index (χ4n) is 3.81. The van der Waals surface area contributed by atoms with E-state index < -0.39 is 0 Å². The molecule has 2 aliphatic heterocycles. The van der Waals surface area contributed by atoms with Crippen LogP contribution in [-0.2, 0) is 16.0 Å². The second kappa shape index (κ2) is 7.79. The highest BCUT2D eigenvalue weighted by atomic mass is 35.5. The maximum Gasteiger partial charge on any atom is 0.303 e. The van der Waals surface area contributed by atoms with Crippen LogP contribution < -0.4 is 9.47 Å². The summed E-state index contributed by atoms with van der Waals surface area (Å²) in [5, 5.41) is 0. The number of aryl methyl sites for hydroxylation is 1. The lowest BCUT2D eigenvalue weighted by molar-refractivity contribution is -0.150. The minimum Gasteiger partial charge on any atom is -0.456 e. The second-order valence-corrected chi connectivity index (χ2v) is 7.02. The van der Waals surface area contributed by atoms with E-state index in [4.69, 9.17) is 14.2 Å². The number of rotatable bonds is 3. The van der Waals surface area contributed by atoms with Gasteiger partial charge in [0.25, 0.3) is 0 Å². The van der Waals surface area contributed by atoms with Gasteiger partial charge in [-0.25, -0.2) is 0 Å². The summed E-state index contributed by atoms with van der Waals surface area (Å²) in [6.07, 6.45) is 0.553. The van der Waals surface area contributed by atoms with Gasteiger partial charge in [-0.3, -0.25) is 9.69 Å². The van der Waals surface area contributed by atoms with Gasteiger partial charge in [-0.2, -0.15) is 0 Å². The Balaban J connectivity index is 0.00000210. The minimum absolute atomic E-state index is 0. The molecule has 4 rings (SSSR count). The summed E-state index contributed by atoms with van der Waals surface area (Å²) in [6.45, 7) is 4.66. The Morgan fingerprint density at radius 1 is 1.19 bits per heavy atom. The average molecular weight is 390 g/mol. The molecule has 2 aliphatic rings.